The number of non-ortho nitro benzene ring substituents is 1. The standard InChI is InChI=1S/C22H21N5O2S/c1-2-15-14-30-22-24-20(18-9-3-4-11-23-18)21(26(15)22)19-10-6-12-25(19)16-7-5-8-17(13-16)27(28)29/h3-13,15,20-21H,2,14H2,1H3/t15-,20-,21+/m1/s1. The highest BCUT2D eigenvalue weighted by Crippen LogP contribution is 2.48. The molecule has 0 spiro atoms. The molecule has 4 heterocycles. The molecule has 0 unspecified atom stereocenters. The number of thioether (sulfide) groups is 1. The first-order valence-electron chi connectivity index (χ1n) is 9.99. The largest absolute Gasteiger partial charge is 0.337 e. The van der Waals surface area contributed by atoms with Crippen LogP contribution in [0.15, 0.2) is 72.0 Å². The highest BCUT2D eigenvalue weighted by molar-refractivity contribution is 8.14. The average molecular weight is 420 g/mol. The van der Waals surface area contributed by atoms with Crippen molar-refractivity contribution in [1.82, 2.24) is 14.5 Å². The number of nitrogens with zero attached hydrogens (tertiary/aromatic N) is 5. The first kappa shape index (κ1) is 18.9. The van der Waals surface area contributed by atoms with Crippen LogP contribution in [0.4, 0.5) is 5.69 Å². The second-order valence-electron chi connectivity index (χ2n) is 7.42. The average Bonchev–Trinajstić information content (AvgIpc) is 3.49. The van der Waals surface area contributed by atoms with Gasteiger partial charge in [-0.25, -0.2) is 0 Å². The Morgan fingerprint density at radius 2 is 2.10 bits per heavy atom. The number of nitro groups is 1. The smallest absolute Gasteiger partial charge is 0.271 e. The summed E-state index contributed by atoms with van der Waals surface area (Å²) in [6.45, 7) is 2.21. The molecular formula is C22H21N5O2S. The number of nitro benzene ring substituents is 1. The van der Waals surface area contributed by atoms with Crippen molar-refractivity contribution in [3.8, 4) is 5.69 Å². The van der Waals surface area contributed by atoms with Crippen molar-refractivity contribution in [1.29, 1.82) is 0 Å². The molecule has 0 bridgehead atoms. The summed E-state index contributed by atoms with van der Waals surface area (Å²) in [7, 11) is 0. The molecule has 3 atom stereocenters. The summed E-state index contributed by atoms with van der Waals surface area (Å²) in [5.74, 6) is 1.03. The van der Waals surface area contributed by atoms with Crippen molar-refractivity contribution < 1.29 is 4.92 Å². The summed E-state index contributed by atoms with van der Waals surface area (Å²) in [6.07, 6.45) is 4.81. The Labute approximate surface area is 178 Å². The van der Waals surface area contributed by atoms with Gasteiger partial charge in [0.1, 0.15) is 12.1 Å². The van der Waals surface area contributed by atoms with Gasteiger partial charge in [-0.1, -0.05) is 30.8 Å². The number of hydrogen-bond donors (Lipinski definition) is 0. The lowest BCUT2D eigenvalue weighted by Crippen LogP contribution is -2.36. The monoisotopic (exact) mass is 419 g/mol. The van der Waals surface area contributed by atoms with Crippen LogP contribution >= 0.6 is 11.8 Å². The van der Waals surface area contributed by atoms with Crippen LogP contribution in [0.5, 0.6) is 0 Å². The van der Waals surface area contributed by atoms with Crippen LogP contribution in [0.25, 0.3) is 5.69 Å². The molecule has 152 valence electrons. The Morgan fingerprint density at radius 3 is 2.87 bits per heavy atom. The minimum absolute atomic E-state index is 0.0101. The van der Waals surface area contributed by atoms with E-state index in [0.717, 1.165) is 34.4 Å². The van der Waals surface area contributed by atoms with Crippen LogP contribution in [-0.4, -0.2) is 36.3 Å². The number of amidine groups is 1. The Bertz CT molecular complexity index is 1110. The van der Waals surface area contributed by atoms with Gasteiger partial charge < -0.3 is 9.47 Å². The first-order chi connectivity index (χ1) is 14.7. The predicted octanol–water partition coefficient (Wildman–Crippen LogP) is 4.76. The summed E-state index contributed by atoms with van der Waals surface area (Å²) < 4.78 is 2.04. The van der Waals surface area contributed by atoms with Crippen molar-refractivity contribution in [2.75, 3.05) is 5.75 Å². The van der Waals surface area contributed by atoms with Crippen LogP contribution in [-0.2, 0) is 0 Å². The number of aliphatic imine (C=N–C) groups is 1. The van der Waals surface area contributed by atoms with E-state index in [1.54, 1.807) is 30.1 Å². The molecule has 3 aromatic rings. The summed E-state index contributed by atoms with van der Waals surface area (Å²) in [4.78, 5) is 23.0. The van der Waals surface area contributed by atoms with Crippen molar-refractivity contribution in [3.63, 3.8) is 0 Å². The maximum atomic E-state index is 11.3. The van der Waals surface area contributed by atoms with Gasteiger partial charge in [0.2, 0.25) is 0 Å². The lowest BCUT2D eigenvalue weighted by atomic mass is 9.99. The quantitative estimate of drug-likeness (QED) is 0.440. The molecule has 5 rings (SSSR count). The fraction of sp³-hybridized carbons (Fsp3) is 0.273. The number of fused-ring (bicyclic) bond motifs is 1. The van der Waals surface area contributed by atoms with E-state index >= 15 is 0 Å². The molecule has 30 heavy (non-hydrogen) atoms. The summed E-state index contributed by atoms with van der Waals surface area (Å²) >= 11 is 1.80. The van der Waals surface area contributed by atoms with E-state index in [4.69, 9.17) is 4.99 Å². The predicted molar refractivity (Wildman–Crippen MR) is 118 cm³/mol. The van der Waals surface area contributed by atoms with Gasteiger partial charge in [0.15, 0.2) is 5.17 Å². The molecule has 2 aliphatic heterocycles. The van der Waals surface area contributed by atoms with Gasteiger partial charge in [-0.05, 0) is 36.8 Å². The number of hydrogen-bond acceptors (Lipinski definition) is 6. The number of rotatable bonds is 5. The molecule has 0 aliphatic carbocycles. The van der Waals surface area contributed by atoms with Crippen molar-refractivity contribution in [2.24, 2.45) is 4.99 Å². The van der Waals surface area contributed by atoms with E-state index in [1.165, 1.54) is 6.07 Å². The van der Waals surface area contributed by atoms with Crippen LogP contribution < -0.4 is 0 Å². The van der Waals surface area contributed by atoms with Crippen molar-refractivity contribution >= 4 is 22.6 Å². The number of aromatic nitrogens is 2. The fourth-order valence-electron chi connectivity index (χ4n) is 4.30. The van der Waals surface area contributed by atoms with E-state index in [1.807, 2.05) is 41.1 Å². The minimum atomic E-state index is -0.357. The van der Waals surface area contributed by atoms with E-state index < -0.39 is 0 Å². The third-order valence-corrected chi connectivity index (χ3v) is 6.86. The Balaban J connectivity index is 1.62. The highest BCUT2D eigenvalue weighted by Gasteiger charge is 2.46. The van der Waals surface area contributed by atoms with Gasteiger partial charge in [0, 0.05) is 42.0 Å². The Morgan fingerprint density at radius 1 is 1.20 bits per heavy atom. The molecular weight excluding hydrogens is 398 g/mol. The highest BCUT2D eigenvalue weighted by atomic mass is 32.2. The second kappa shape index (κ2) is 7.60. The molecule has 2 aliphatic rings. The molecule has 8 heteroatoms. The zero-order chi connectivity index (χ0) is 20.7. The van der Waals surface area contributed by atoms with Crippen LogP contribution in [0.1, 0.15) is 36.8 Å². The van der Waals surface area contributed by atoms with E-state index in [0.29, 0.717) is 6.04 Å². The molecule has 0 radical (unpaired) electrons. The van der Waals surface area contributed by atoms with E-state index in [9.17, 15) is 10.1 Å². The topological polar surface area (TPSA) is 76.6 Å². The van der Waals surface area contributed by atoms with Crippen LogP contribution in [0.3, 0.4) is 0 Å². The lowest BCUT2D eigenvalue weighted by Gasteiger charge is -2.32. The first-order valence-corrected chi connectivity index (χ1v) is 11.0. The molecule has 1 saturated heterocycles. The third-order valence-electron chi connectivity index (χ3n) is 5.73. The Kier molecular flexibility index (Phi) is 4.78. The van der Waals surface area contributed by atoms with Crippen LogP contribution in [0, 0.1) is 10.1 Å². The van der Waals surface area contributed by atoms with Gasteiger partial charge in [-0.2, -0.15) is 0 Å². The number of pyridine rings is 1. The van der Waals surface area contributed by atoms with E-state index in [-0.39, 0.29) is 22.7 Å². The van der Waals surface area contributed by atoms with Crippen molar-refractivity contribution in [3.05, 3.63) is 88.5 Å². The summed E-state index contributed by atoms with van der Waals surface area (Å²) in [5, 5.41) is 12.4. The minimum Gasteiger partial charge on any atom is -0.337 e. The maximum absolute atomic E-state index is 11.3. The normalized spacial score (nSPS) is 22.8. The zero-order valence-corrected chi connectivity index (χ0v) is 17.3. The molecule has 1 aromatic carbocycles. The maximum Gasteiger partial charge on any atom is 0.271 e. The molecule has 1 fully saturated rings. The second-order valence-corrected chi connectivity index (χ2v) is 8.40. The molecule has 7 nitrogen and oxygen atoms in total. The molecule has 0 saturated carbocycles. The molecule has 2 aromatic heterocycles. The van der Waals surface area contributed by atoms with Gasteiger partial charge >= 0.3 is 0 Å². The van der Waals surface area contributed by atoms with Gasteiger partial charge in [0.05, 0.1) is 16.3 Å². The lowest BCUT2D eigenvalue weighted by molar-refractivity contribution is -0.384. The van der Waals surface area contributed by atoms with Gasteiger partial charge in [0.25, 0.3) is 5.69 Å². The van der Waals surface area contributed by atoms with Gasteiger partial charge in [-0.15, -0.1) is 0 Å². The number of benzene rings is 1. The summed E-state index contributed by atoms with van der Waals surface area (Å²) in [6, 6.07) is 17.1. The molecule has 0 N–H and O–H groups in total. The van der Waals surface area contributed by atoms with Crippen molar-refractivity contribution in [2.45, 2.75) is 31.5 Å². The molecule has 0 amide bonds. The van der Waals surface area contributed by atoms with E-state index in [2.05, 4.69) is 22.9 Å². The Hall–Kier alpha value is -3.13. The zero-order valence-electron chi connectivity index (χ0n) is 16.5. The van der Waals surface area contributed by atoms with Gasteiger partial charge in [-0.3, -0.25) is 20.1 Å². The third kappa shape index (κ3) is 3.08. The SMILES string of the molecule is CC[C@@H]1CSC2=N[C@H](c3ccccn3)[C@H](c3cccn3-c3cccc([N+](=O)[O-])c3)N21. The van der Waals surface area contributed by atoms with Crippen LogP contribution in [0.2, 0.25) is 0 Å². The fourth-order valence-corrected chi connectivity index (χ4v) is 5.64. The summed E-state index contributed by atoms with van der Waals surface area (Å²) in [5.41, 5.74) is 2.86.